The molecule has 21 heavy (non-hydrogen) atoms. The summed E-state index contributed by atoms with van der Waals surface area (Å²) in [5.41, 5.74) is 3.63. The maximum atomic E-state index is 6.42. The fourth-order valence-corrected chi connectivity index (χ4v) is 3.12. The lowest BCUT2D eigenvalue weighted by Gasteiger charge is -2.23. The van der Waals surface area contributed by atoms with Gasteiger partial charge in [0.2, 0.25) is 0 Å². The third-order valence-corrected chi connectivity index (χ3v) is 4.26. The number of ether oxygens (including phenoxy) is 1. The van der Waals surface area contributed by atoms with Gasteiger partial charge >= 0.3 is 0 Å². The highest BCUT2D eigenvalue weighted by Gasteiger charge is 2.21. The minimum atomic E-state index is 0.483. The van der Waals surface area contributed by atoms with Crippen molar-refractivity contribution >= 4 is 11.6 Å². The van der Waals surface area contributed by atoms with Crippen LogP contribution in [-0.4, -0.2) is 6.61 Å². The second kappa shape index (κ2) is 9.15. The number of hydrogen-bond acceptors (Lipinski definition) is 1. The van der Waals surface area contributed by atoms with Gasteiger partial charge in [0.05, 0.1) is 6.61 Å². The van der Waals surface area contributed by atoms with E-state index < -0.39 is 0 Å². The molecule has 0 spiro atoms. The van der Waals surface area contributed by atoms with E-state index in [-0.39, 0.29) is 0 Å². The Labute approximate surface area is 135 Å². The topological polar surface area (TPSA) is 9.23 Å². The van der Waals surface area contributed by atoms with Crippen LogP contribution < -0.4 is 4.74 Å². The summed E-state index contributed by atoms with van der Waals surface area (Å²) in [4.78, 5) is 0. The molecule has 0 aliphatic heterocycles. The van der Waals surface area contributed by atoms with Gasteiger partial charge in [0.25, 0.3) is 0 Å². The third-order valence-electron chi connectivity index (χ3n) is 3.87. The van der Waals surface area contributed by atoms with Gasteiger partial charge in [0.15, 0.2) is 0 Å². The first-order chi connectivity index (χ1) is 10.1. The standard InChI is InChI=1S/C19H29ClO/c1-6-9-10-12-16(11-7-2)18-15(5)17(20)13-14(4)19(18)21-8-3/h9-10,13,16H,6-8,11-12H2,1-5H3/b10-9-. The zero-order valence-electron chi connectivity index (χ0n) is 14.1. The molecule has 0 bridgehead atoms. The predicted molar refractivity (Wildman–Crippen MR) is 93.8 cm³/mol. The Bertz CT molecular complexity index is 477. The maximum Gasteiger partial charge on any atom is 0.126 e. The van der Waals surface area contributed by atoms with Crippen LogP contribution in [0, 0.1) is 13.8 Å². The molecule has 0 aromatic heterocycles. The van der Waals surface area contributed by atoms with Gasteiger partial charge in [-0.15, -0.1) is 0 Å². The van der Waals surface area contributed by atoms with Crippen LogP contribution in [0.25, 0.3) is 0 Å². The molecule has 0 amide bonds. The summed E-state index contributed by atoms with van der Waals surface area (Å²) >= 11 is 6.42. The summed E-state index contributed by atoms with van der Waals surface area (Å²) in [6, 6.07) is 2.02. The molecular weight excluding hydrogens is 280 g/mol. The van der Waals surface area contributed by atoms with Crippen LogP contribution in [0.2, 0.25) is 5.02 Å². The summed E-state index contributed by atoms with van der Waals surface area (Å²) in [6.45, 7) is 11.4. The molecule has 1 rings (SSSR count). The number of halogens is 1. The van der Waals surface area contributed by atoms with Crippen molar-refractivity contribution in [1.82, 2.24) is 0 Å². The van der Waals surface area contributed by atoms with Crippen molar-refractivity contribution < 1.29 is 4.74 Å². The summed E-state index contributed by atoms with van der Waals surface area (Å²) < 4.78 is 5.95. The Morgan fingerprint density at radius 3 is 2.48 bits per heavy atom. The quantitative estimate of drug-likeness (QED) is 0.492. The van der Waals surface area contributed by atoms with Gasteiger partial charge in [-0.1, -0.05) is 44.0 Å². The largest absolute Gasteiger partial charge is 0.493 e. The van der Waals surface area contributed by atoms with Gasteiger partial charge in [-0.2, -0.15) is 0 Å². The van der Waals surface area contributed by atoms with E-state index in [0.717, 1.165) is 35.6 Å². The number of aryl methyl sites for hydroxylation is 1. The molecule has 0 aliphatic rings. The second-order valence-electron chi connectivity index (χ2n) is 5.58. The molecule has 0 aliphatic carbocycles. The van der Waals surface area contributed by atoms with Crippen LogP contribution in [0.4, 0.5) is 0 Å². The Balaban J connectivity index is 3.29. The second-order valence-corrected chi connectivity index (χ2v) is 5.98. The van der Waals surface area contributed by atoms with E-state index in [9.17, 15) is 0 Å². The number of rotatable bonds is 8. The molecule has 1 unspecified atom stereocenters. The molecule has 118 valence electrons. The van der Waals surface area contributed by atoms with Crippen molar-refractivity contribution in [3.05, 3.63) is 39.9 Å². The van der Waals surface area contributed by atoms with Crippen LogP contribution in [0.1, 0.15) is 69.1 Å². The van der Waals surface area contributed by atoms with Gasteiger partial charge in [-0.3, -0.25) is 0 Å². The lowest BCUT2D eigenvalue weighted by Crippen LogP contribution is -2.07. The zero-order chi connectivity index (χ0) is 15.8. The smallest absolute Gasteiger partial charge is 0.126 e. The monoisotopic (exact) mass is 308 g/mol. The van der Waals surface area contributed by atoms with Crippen LogP contribution >= 0.6 is 11.6 Å². The fourth-order valence-electron chi connectivity index (χ4n) is 2.86. The molecule has 1 atom stereocenters. The molecular formula is C19H29ClO. The van der Waals surface area contributed by atoms with Crippen molar-refractivity contribution in [3.8, 4) is 5.75 Å². The van der Waals surface area contributed by atoms with Crippen molar-refractivity contribution in [1.29, 1.82) is 0 Å². The highest BCUT2D eigenvalue weighted by molar-refractivity contribution is 6.31. The molecule has 0 saturated carbocycles. The highest BCUT2D eigenvalue weighted by Crippen LogP contribution is 2.40. The Kier molecular flexibility index (Phi) is 7.88. The normalized spacial score (nSPS) is 12.9. The van der Waals surface area contributed by atoms with Crippen LogP contribution in [-0.2, 0) is 0 Å². The Morgan fingerprint density at radius 2 is 1.90 bits per heavy atom. The molecule has 0 saturated heterocycles. The van der Waals surface area contributed by atoms with Crippen molar-refractivity contribution in [3.63, 3.8) is 0 Å². The number of benzene rings is 1. The lowest BCUT2D eigenvalue weighted by atomic mass is 9.86. The first-order valence-corrected chi connectivity index (χ1v) is 8.51. The van der Waals surface area contributed by atoms with Crippen LogP contribution in [0.3, 0.4) is 0 Å². The molecule has 1 aromatic carbocycles. The van der Waals surface area contributed by atoms with E-state index in [1.807, 2.05) is 13.0 Å². The molecule has 1 aromatic rings. The number of allylic oxidation sites excluding steroid dienone is 2. The minimum absolute atomic E-state index is 0.483. The van der Waals surface area contributed by atoms with Gasteiger partial charge in [0.1, 0.15) is 5.75 Å². The van der Waals surface area contributed by atoms with Crippen molar-refractivity contribution in [2.45, 2.75) is 66.2 Å². The predicted octanol–water partition coefficient (Wildman–Crippen LogP) is 6.60. The third kappa shape index (κ3) is 4.78. The van der Waals surface area contributed by atoms with E-state index in [4.69, 9.17) is 16.3 Å². The summed E-state index contributed by atoms with van der Waals surface area (Å²) in [6.07, 6.45) is 9.02. The summed E-state index contributed by atoms with van der Waals surface area (Å²) in [5.74, 6) is 1.53. The first kappa shape index (κ1) is 18.1. The van der Waals surface area contributed by atoms with Crippen LogP contribution in [0.5, 0.6) is 5.75 Å². The Hall–Kier alpha value is -0.950. The molecule has 0 fully saturated rings. The molecule has 2 heteroatoms. The van der Waals surface area contributed by atoms with Gasteiger partial charge < -0.3 is 4.74 Å². The average molecular weight is 309 g/mol. The molecule has 1 nitrogen and oxygen atoms in total. The van der Waals surface area contributed by atoms with Gasteiger partial charge in [-0.05, 0) is 63.1 Å². The van der Waals surface area contributed by atoms with E-state index in [1.54, 1.807) is 0 Å². The minimum Gasteiger partial charge on any atom is -0.493 e. The fraction of sp³-hybridized carbons (Fsp3) is 0.579. The van der Waals surface area contributed by atoms with Gasteiger partial charge in [0, 0.05) is 10.6 Å². The van der Waals surface area contributed by atoms with E-state index >= 15 is 0 Å². The van der Waals surface area contributed by atoms with E-state index in [2.05, 4.69) is 39.8 Å². The van der Waals surface area contributed by atoms with E-state index in [0.29, 0.717) is 12.5 Å². The Morgan fingerprint density at radius 1 is 1.19 bits per heavy atom. The summed E-state index contributed by atoms with van der Waals surface area (Å²) in [7, 11) is 0. The maximum absolute atomic E-state index is 6.42. The molecule has 0 radical (unpaired) electrons. The van der Waals surface area contributed by atoms with Crippen molar-refractivity contribution in [2.75, 3.05) is 6.61 Å². The highest BCUT2D eigenvalue weighted by atomic mass is 35.5. The molecule has 0 N–H and O–H groups in total. The van der Waals surface area contributed by atoms with Crippen LogP contribution in [0.15, 0.2) is 18.2 Å². The molecule has 0 heterocycles. The lowest BCUT2D eigenvalue weighted by molar-refractivity contribution is 0.330. The summed E-state index contributed by atoms with van der Waals surface area (Å²) in [5, 5.41) is 0.853. The van der Waals surface area contributed by atoms with E-state index in [1.165, 1.54) is 17.5 Å². The number of hydrogen-bond donors (Lipinski definition) is 0. The van der Waals surface area contributed by atoms with Gasteiger partial charge in [-0.25, -0.2) is 0 Å². The SMILES string of the molecule is CC/C=C\CC(CCC)c1c(C)c(Cl)cc(C)c1OCC. The van der Waals surface area contributed by atoms with Crippen molar-refractivity contribution in [2.24, 2.45) is 0 Å². The first-order valence-electron chi connectivity index (χ1n) is 8.14. The zero-order valence-corrected chi connectivity index (χ0v) is 14.9. The average Bonchev–Trinajstić information content (AvgIpc) is 2.45.